The molecule has 0 fully saturated rings. The Morgan fingerprint density at radius 2 is 1.51 bits per heavy atom. The van der Waals surface area contributed by atoms with Crippen molar-refractivity contribution in [1.29, 1.82) is 0 Å². The van der Waals surface area contributed by atoms with E-state index < -0.39 is 12.1 Å². The topological polar surface area (TPSA) is 89.9 Å². The van der Waals surface area contributed by atoms with Gasteiger partial charge >= 0.3 is 5.97 Å². The third-order valence-electron chi connectivity index (χ3n) is 5.37. The zero-order valence-corrected chi connectivity index (χ0v) is 21.2. The van der Waals surface area contributed by atoms with E-state index in [-0.39, 0.29) is 6.61 Å². The van der Waals surface area contributed by atoms with Gasteiger partial charge in [0.15, 0.2) is 11.9 Å². The standard InChI is InChI=1S/C28H34N2O7/c1-29(30(32)37-26-11-7-4-8-12-26)17-18-35-25-15-13-23(14-16-25)21-27(28(31)33-2)36-20-19-34-22-24-9-5-3-6-10-24/h3-16,27,32H,17-22H2,1-2H3. The van der Waals surface area contributed by atoms with Gasteiger partial charge in [0.1, 0.15) is 12.4 Å². The molecule has 37 heavy (non-hydrogen) atoms. The van der Waals surface area contributed by atoms with Crippen molar-refractivity contribution < 1.29 is 33.8 Å². The molecule has 0 spiro atoms. The van der Waals surface area contributed by atoms with Gasteiger partial charge in [-0.2, -0.15) is 5.01 Å². The molecule has 198 valence electrons. The number of hydrogen-bond donors (Lipinski definition) is 1. The van der Waals surface area contributed by atoms with Gasteiger partial charge in [-0.1, -0.05) is 60.7 Å². The van der Waals surface area contributed by atoms with Crippen LogP contribution in [-0.4, -0.2) is 68.1 Å². The SMILES string of the molecule is COC(=O)C(Cc1ccc(OCCN(C)N(O)Oc2ccccc2)cc1)OCCOCc1ccccc1. The van der Waals surface area contributed by atoms with Gasteiger partial charge in [0.2, 0.25) is 0 Å². The lowest BCUT2D eigenvalue weighted by Gasteiger charge is -2.24. The molecule has 0 radical (unpaired) electrons. The lowest BCUT2D eigenvalue weighted by atomic mass is 10.1. The van der Waals surface area contributed by atoms with E-state index in [2.05, 4.69) is 0 Å². The van der Waals surface area contributed by atoms with Crippen molar-refractivity contribution in [3.63, 3.8) is 0 Å². The second-order valence-corrected chi connectivity index (χ2v) is 8.16. The van der Waals surface area contributed by atoms with Crippen molar-refractivity contribution in [3.8, 4) is 11.5 Å². The number of carbonyl (C=O) groups excluding carboxylic acids is 1. The molecule has 0 bridgehead atoms. The van der Waals surface area contributed by atoms with Crippen molar-refractivity contribution in [1.82, 2.24) is 10.3 Å². The quantitative estimate of drug-likeness (QED) is 0.175. The molecule has 0 aromatic heterocycles. The number of methoxy groups -OCH3 is 1. The van der Waals surface area contributed by atoms with Gasteiger partial charge in [-0.05, 0) is 35.4 Å². The predicted octanol–water partition coefficient (Wildman–Crippen LogP) is 3.91. The largest absolute Gasteiger partial charge is 0.492 e. The van der Waals surface area contributed by atoms with Crippen LogP contribution < -0.4 is 9.57 Å². The number of esters is 1. The number of benzene rings is 3. The van der Waals surface area contributed by atoms with Crippen LogP contribution in [0.15, 0.2) is 84.9 Å². The minimum atomic E-state index is -0.731. The van der Waals surface area contributed by atoms with E-state index in [9.17, 15) is 10.0 Å². The first-order valence-electron chi connectivity index (χ1n) is 12.0. The molecule has 9 nitrogen and oxygen atoms in total. The first kappa shape index (κ1) is 28.1. The molecule has 9 heteroatoms. The number of carbonyl (C=O) groups is 1. The average Bonchev–Trinajstić information content (AvgIpc) is 2.93. The molecule has 0 saturated carbocycles. The number of rotatable bonds is 16. The first-order valence-corrected chi connectivity index (χ1v) is 12.0. The third kappa shape index (κ3) is 10.2. The summed E-state index contributed by atoms with van der Waals surface area (Å²) in [7, 11) is 3.02. The second-order valence-electron chi connectivity index (χ2n) is 8.16. The number of ether oxygens (including phenoxy) is 4. The molecule has 1 unspecified atom stereocenters. The smallest absolute Gasteiger partial charge is 0.335 e. The van der Waals surface area contributed by atoms with Gasteiger partial charge in [0.25, 0.3) is 0 Å². The minimum absolute atomic E-state index is 0.275. The summed E-state index contributed by atoms with van der Waals surface area (Å²) in [4.78, 5) is 17.5. The van der Waals surface area contributed by atoms with E-state index in [1.165, 1.54) is 12.1 Å². The summed E-state index contributed by atoms with van der Waals surface area (Å²) in [5.74, 6) is 0.746. The fourth-order valence-electron chi connectivity index (χ4n) is 3.32. The van der Waals surface area contributed by atoms with Crippen molar-refractivity contribution in [2.75, 3.05) is 40.5 Å². The highest BCUT2D eigenvalue weighted by Gasteiger charge is 2.20. The molecule has 0 aliphatic carbocycles. The average molecular weight is 511 g/mol. The molecular weight excluding hydrogens is 476 g/mol. The molecule has 1 N–H and O–H groups in total. The monoisotopic (exact) mass is 510 g/mol. The number of para-hydroxylation sites is 1. The van der Waals surface area contributed by atoms with Gasteiger partial charge in [-0.15, -0.1) is 0 Å². The maximum absolute atomic E-state index is 12.2. The van der Waals surface area contributed by atoms with E-state index in [4.69, 9.17) is 23.8 Å². The third-order valence-corrected chi connectivity index (χ3v) is 5.37. The van der Waals surface area contributed by atoms with Gasteiger partial charge in [-0.25, -0.2) is 4.79 Å². The van der Waals surface area contributed by atoms with E-state index in [1.807, 2.05) is 72.8 Å². The Bertz CT molecular complexity index is 1040. The Kier molecular flexibility index (Phi) is 11.9. The van der Waals surface area contributed by atoms with Crippen molar-refractivity contribution in [2.45, 2.75) is 19.1 Å². The molecule has 0 saturated heterocycles. The van der Waals surface area contributed by atoms with Crippen LogP contribution >= 0.6 is 0 Å². The first-order chi connectivity index (χ1) is 18.0. The number of likely N-dealkylation sites (N-methyl/N-ethyl adjacent to an activating group) is 1. The summed E-state index contributed by atoms with van der Waals surface area (Å²) in [5, 5.41) is 12.2. The van der Waals surface area contributed by atoms with Gasteiger partial charge in [0.05, 0.1) is 38.8 Å². The number of nitrogens with zero attached hydrogens (tertiary/aromatic N) is 2. The Hall–Kier alpha value is -3.47. The Morgan fingerprint density at radius 1 is 0.838 bits per heavy atom. The van der Waals surface area contributed by atoms with Crippen molar-refractivity contribution in [3.05, 3.63) is 96.1 Å². The molecule has 3 aromatic carbocycles. The molecule has 0 amide bonds. The lowest BCUT2D eigenvalue weighted by Crippen LogP contribution is -2.41. The molecule has 0 aliphatic heterocycles. The molecule has 0 aliphatic rings. The van der Waals surface area contributed by atoms with Crippen LogP contribution in [0.4, 0.5) is 0 Å². The van der Waals surface area contributed by atoms with Crippen molar-refractivity contribution in [2.24, 2.45) is 0 Å². The van der Waals surface area contributed by atoms with Crippen LogP contribution in [0.3, 0.4) is 0 Å². The minimum Gasteiger partial charge on any atom is -0.492 e. The highest BCUT2D eigenvalue weighted by atomic mass is 16.9. The molecule has 1 atom stereocenters. The van der Waals surface area contributed by atoms with E-state index in [1.54, 1.807) is 19.2 Å². The summed E-state index contributed by atoms with van der Waals surface area (Å²) in [5.41, 5.74) is 1.98. The molecule has 3 rings (SSSR count). The Balaban J connectivity index is 1.38. The highest BCUT2D eigenvalue weighted by Crippen LogP contribution is 2.16. The normalized spacial score (nSPS) is 11.9. The zero-order chi connectivity index (χ0) is 26.3. The number of hydrazine groups is 1. The molecule has 3 aromatic rings. The second kappa shape index (κ2) is 15.6. The summed E-state index contributed by atoms with van der Waals surface area (Å²) in [6.07, 6.45) is -0.365. The van der Waals surface area contributed by atoms with Crippen LogP contribution in [0, 0.1) is 0 Å². The van der Waals surface area contributed by atoms with Crippen LogP contribution in [0.2, 0.25) is 0 Å². The summed E-state index contributed by atoms with van der Waals surface area (Å²) in [6.45, 7) is 1.83. The fraction of sp³-hybridized carbons (Fsp3) is 0.321. The lowest BCUT2D eigenvalue weighted by molar-refractivity contribution is -0.390. The molecular formula is C28H34N2O7. The van der Waals surface area contributed by atoms with Crippen LogP contribution in [0.1, 0.15) is 11.1 Å². The maximum Gasteiger partial charge on any atom is 0.335 e. The van der Waals surface area contributed by atoms with Gasteiger partial charge < -0.3 is 23.8 Å². The summed E-state index contributed by atoms with van der Waals surface area (Å²) >= 11 is 0. The van der Waals surface area contributed by atoms with Gasteiger partial charge in [-0.3, -0.25) is 5.21 Å². The predicted molar refractivity (Wildman–Crippen MR) is 137 cm³/mol. The molecule has 0 heterocycles. The zero-order valence-electron chi connectivity index (χ0n) is 21.2. The fourth-order valence-corrected chi connectivity index (χ4v) is 3.32. The Labute approximate surface area is 217 Å². The summed E-state index contributed by atoms with van der Waals surface area (Å²) in [6, 6.07) is 26.2. The maximum atomic E-state index is 12.2. The van der Waals surface area contributed by atoms with Crippen molar-refractivity contribution >= 4 is 5.97 Å². The Morgan fingerprint density at radius 3 is 2.19 bits per heavy atom. The van der Waals surface area contributed by atoms with Gasteiger partial charge in [0, 0.05) is 13.5 Å². The van der Waals surface area contributed by atoms with Crippen LogP contribution in [0.5, 0.6) is 11.5 Å². The van der Waals surface area contributed by atoms with Crippen LogP contribution in [-0.2, 0) is 32.0 Å². The van der Waals surface area contributed by atoms with E-state index in [0.717, 1.165) is 11.1 Å². The van der Waals surface area contributed by atoms with Crippen LogP contribution in [0.25, 0.3) is 0 Å². The number of hydrogen-bond acceptors (Lipinski definition) is 9. The van der Waals surface area contributed by atoms with E-state index >= 15 is 0 Å². The highest BCUT2D eigenvalue weighted by molar-refractivity contribution is 5.75. The summed E-state index contributed by atoms with van der Waals surface area (Å²) < 4.78 is 22.0. The van der Waals surface area contributed by atoms with E-state index in [0.29, 0.717) is 49.6 Å².